The molecule has 0 saturated heterocycles. The molecule has 0 amide bonds. The summed E-state index contributed by atoms with van der Waals surface area (Å²) in [5.41, 5.74) is 8.05. The largest absolute Gasteiger partial charge is 0.389 e. The Morgan fingerprint density at radius 3 is 2.63 bits per heavy atom. The van der Waals surface area contributed by atoms with Crippen LogP contribution in [0.4, 0.5) is 5.69 Å². The van der Waals surface area contributed by atoms with E-state index in [2.05, 4.69) is 49.6 Å². The van der Waals surface area contributed by atoms with E-state index < -0.39 is 0 Å². The lowest BCUT2D eigenvalue weighted by Gasteiger charge is -2.29. The number of nitrogens with zero attached hydrogens (tertiary/aromatic N) is 1. The van der Waals surface area contributed by atoms with Gasteiger partial charge in [0.25, 0.3) is 0 Å². The Bertz CT molecular complexity index is 435. The van der Waals surface area contributed by atoms with Crippen molar-refractivity contribution in [3.05, 3.63) is 23.8 Å². The highest BCUT2D eigenvalue weighted by atomic mass is 32.2. The van der Waals surface area contributed by atoms with Crippen LogP contribution in [0.3, 0.4) is 0 Å². The molecule has 1 aromatic carbocycles. The monoisotopic (exact) mass is 314 g/mol. The van der Waals surface area contributed by atoms with Gasteiger partial charge in [-0.3, -0.25) is 0 Å². The van der Waals surface area contributed by atoms with Gasteiger partial charge < -0.3 is 10.6 Å². The molecule has 1 unspecified atom stereocenters. The van der Waals surface area contributed by atoms with Gasteiger partial charge >= 0.3 is 0 Å². The van der Waals surface area contributed by atoms with Crippen molar-refractivity contribution in [3.8, 4) is 0 Å². The van der Waals surface area contributed by atoms with Gasteiger partial charge in [-0.15, -0.1) is 11.8 Å². The zero-order valence-electron chi connectivity index (χ0n) is 12.0. The maximum Gasteiger partial charge on any atom is 0.107 e. The van der Waals surface area contributed by atoms with Gasteiger partial charge in [0.05, 0.1) is 0 Å². The summed E-state index contributed by atoms with van der Waals surface area (Å²) in [6, 6.07) is 6.71. The Morgan fingerprint density at radius 1 is 1.42 bits per heavy atom. The van der Waals surface area contributed by atoms with Crippen LogP contribution in [-0.2, 0) is 0 Å². The summed E-state index contributed by atoms with van der Waals surface area (Å²) in [7, 11) is 2.12. The van der Waals surface area contributed by atoms with E-state index in [9.17, 15) is 0 Å². The minimum absolute atomic E-state index is 0.470. The zero-order valence-corrected chi connectivity index (χ0v) is 14.4. The number of hydrogen-bond donors (Lipinski definition) is 1. The lowest BCUT2D eigenvalue weighted by atomic mass is 10.1. The lowest BCUT2D eigenvalue weighted by Crippen LogP contribution is -2.31. The van der Waals surface area contributed by atoms with Crippen LogP contribution in [-0.4, -0.2) is 36.3 Å². The first-order valence-corrected chi connectivity index (χ1v) is 9.24. The smallest absolute Gasteiger partial charge is 0.107 e. The van der Waals surface area contributed by atoms with E-state index in [4.69, 9.17) is 18.0 Å². The highest BCUT2D eigenvalue weighted by Gasteiger charge is 2.17. The number of nitrogens with two attached hydrogens (primary N) is 1. The van der Waals surface area contributed by atoms with Crippen molar-refractivity contribution in [1.82, 2.24) is 0 Å². The highest BCUT2D eigenvalue weighted by Crippen LogP contribution is 2.30. The van der Waals surface area contributed by atoms with Crippen LogP contribution in [0.1, 0.15) is 18.9 Å². The van der Waals surface area contributed by atoms with Crippen LogP contribution < -0.4 is 10.6 Å². The molecule has 0 radical (unpaired) electrons. The molecule has 1 atom stereocenters. The van der Waals surface area contributed by atoms with Crippen molar-refractivity contribution in [3.63, 3.8) is 0 Å². The SMILES string of the molecule is CSCCC(C)N(C)c1cccc(SC)c1C(N)=S. The van der Waals surface area contributed by atoms with Crippen LogP contribution in [0.2, 0.25) is 0 Å². The van der Waals surface area contributed by atoms with Crippen LogP contribution in [0.5, 0.6) is 0 Å². The fourth-order valence-electron chi connectivity index (χ4n) is 1.95. The van der Waals surface area contributed by atoms with Crippen molar-refractivity contribution in [2.45, 2.75) is 24.3 Å². The fraction of sp³-hybridized carbons (Fsp3) is 0.500. The molecule has 0 spiro atoms. The third kappa shape index (κ3) is 4.29. The predicted octanol–water partition coefficient (Wildman–Crippen LogP) is 3.62. The summed E-state index contributed by atoms with van der Waals surface area (Å²) in [6.45, 7) is 2.24. The van der Waals surface area contributed by atoms with E-state index in [0.717, 1.165) is 28.3 Å². The van der Waals surface area contributed by atoms with Crippen molar-refractivity contribution < 1.29 is 0 Å². The number of thiocarbonyl (C=S) groups is 1. The summed E-state index contributed by atoms with van der Waals surface area (Å²) in [5, 5.41) is 0. The average Bonchev–Trinajstić information content (AvgIpc) is 2.42. The van der Waals surface area contributed by atoms with Gasteiger partial charge in [-0.25, -0.2) is 0 Å². The van der Waals surface area contributed by atoms with Crippen molar-refractivity contribution >= 4 is 46.4 Å². The Balaban J connectivity index is 3.08. The van der Waals surface area contributed by atoms with Gasteiger partial charge in [-0.2, -0.15) is 11.8 Å². The second-order valence-electron chi connectivity index (χ2n) is 4.46. The molecule has 1 aromatic rings. The summed E-state index contributed by atoms with van der Waals surface area (Å²) < 4.78 is 0. The van der Waals surface area contributed by atoms with E-state index in [1.54, 1.807) is 11.8 Å². The maximum absolute atomic E-state index is 5.92. The molecule has 5 heteroatoms. The molecule has 2 N–H and O–H groups in total. The number of anilines is 1. The zero-order chi connectivity index (χ0) is 14.4. The van der Waals surface area contributed by atoms with E-state index in [1.165, 1.54) is 0 Å². The molecule has 0 saturated carbocycles. The average molecular weight is 315 g/mol. The van der Waals surface area contributed by atoms with Crippen LogP contribution in [0.15, 0.2) is 23.1 Å². The first kappa shape index (κ1) is 16.7. The summed E-state index contributed by atoms with van der Waals surface area (Å²) in [6.07, 6.45) is 5.34. The molecule has 2 nitrogen and oxygen atoms in total. The van der Waals surface area contributed by atoms with Crippen molar-refractivity contribution in [1.29, 1.82) is 0 Å². The fourth-order valence-corrected chi connectivity index (χ4v) is 3.44. The van der Waals surface area contributed by atoms with E-state index in [-0.39, 0.29) is 0 Å². The normalized spacial score (nSPS) is 12.2. The van der Waals surface area contributed by atoms with Crippen LogP contribution in [0, 0.1) is 0 Å². The van der Waals surface area contributed by atoms with Gasteiger partial charge in [0.15, 0.2) is 0 Å². The Morgan fingerprint density at radius 2 is 2.11 bits per heavy atom. The molecule has 0 aromatic heterocycles. The minimum atomic E-state index is 0.470. The lowest BCUT2D eigenvalue weighted by molar-refractivity contribution is 0.668. The minimum Gasteiger partial charge on any atom is -0.389 e. The van der Waals surface area contributed by atoms with Gasteiger partial charge in [0.2, 0.25) is 0 Å². The van der Waals surface area contributed by atoms with Gasteiger partial charge in [0, 0.05) is 29.2 Å². The van der Waals surface area contributed by atoms with E-state index >= 15 is 0 Å². The Hall–Kier alpha value is -0.390. The van der Waals surface area contributed by atoms with E-state index in [0.29, 0.717) is 11.0 Å². The molecular weight excluding hydrogens is 292 g/mol. The highest BCUT2D eigenvalue weighted by molar-refractivity contribution is 7.98. The van der Waals surface area contributed by atoms with Crippen molar-refractivity contribution in [2.24, 2.45) is 5.73 Å². The van der Waals surface area contributed by atoms with Gasteiger partial charge in [0.1, 0.15) is 4.99 Å². The molecule has 0 aliphatic carbocycles. The molecule has 0 aliphatic heterocycles. The van der Waals surface area contributed by atoms with Crippen LogP contribution >= 0.6 is 35.7 Å². The summed E-state index contributed by atoms with van der Waals surface area (Å²) >= 11 is 8.80. The molecule has 0 aliphatic rings. The molecule has 0 heterocycles. The molecule has 106 valence electrons. The first-order valence-electron chi connectivity index (χ1n) is 6.21. The second-order valence-corrected chi connectivity index (χ2v) is 6.73. The predicted molar refractivity (Wildman–Crippen MR) is 95.0 cm³/mol. The number of hydrogen-bond acceptors (Lipinski definition) is 4. The molecule has 0 fully saturated rings. The maximum atomic E-state index is 5.92. The van der Waals surface area contributed by atoms with Crippen molar-refractivity contribution in [2.75, 3.05) is 30.2 Å². The summed E-state index contributed by atoms with van der Waals surface area (Å²) in [4.78, 5) is 3.91. The summed E-state index contributed by atoms with van der Waals surface area (Å²) in [5.74, 6) is 1.16. The van der Waals surface area contributed by atoms with Gasteiger partial charge in [-0.05, 0) is 43.7 Å². The van der Waals surface area contributed by atoms with Gasteiger partial charge in [-0.1, -0.05) is 18.3 Å². The number of benzene rings is 1. The molecule has 0 bridgehead atoms. The third-order valence-corrected chi connectivity index (χ3v) is 4.88. The van der Waals surface area contributed by atoms with E-state index in [1.807, 2.05) is 11.8 Å². The first-order chi connectivity index (χ1) is 9.02. The number of thioether (sulfide) groups is 2. The molecule has 19 heavy (non-hydrogen) atoms. The Kier molecular flexibility index (Phi) is 7.04. The standard InChI is InChI=1S/C14H22N2S3/c1-10(8-9-18-3)16(2)11-6-5-7-12(19-4)13(11)14(15)17/h5-7,10H,8-9H2,1-4H3,(H2,15,17). The molecular formula is C14H22N2S3. The Labute approximate surface area is 130 Å². The molecule has 1 rings (SSSR count). The third-order valence-electron chi connectivity index (χ3n) is 3.25. The quantitative estimate of drug-likeness (QED) is 0.613. The topological polar surface area (TPSA) is 29.3 Å². The second kappa shape index (κ2) is 8.02. The number of rotatable bonds is 7. The van der Waals surface area contributed by atoms with Crippen LogP contribution in [0.25, 0.3) is 0 Å².